The first kappa shape index (κ1) is 43.6. The summed E-state index contributed by atoms with van der Waals surface area (Å²) in [6.07, 6.45) is 11.4. The van der Waals surface area contributed by atoms with Crippen molar-refractivity contribution in [2.75, 3.05) is 92.0 Å². The van der Waals surface area contributed by atoms with Crippen molar-refractivity contribution in [2.45, 2.75) is 51.4 Å². The molecule has 8 saturated heterocycles. The van der Waals surface area contributed by atoms with E-state index in [1.54, 1.807) is 0 Å². The lowest BCUT2D eigenvalue weighted by atomic mass is 10.6. The Hall–Kier alpha value is 5.60. The van der Waals surface area contributed by atoms with Crippen LogP contribution in [0.3, 0.4) is 0 Å². The molecule has 240 valence electrons. The second kappa shape index (κ2) is 40.8. The van der Waals surface area contributed by atoms with Crippen molar-refractivity contribution in [3.63, 3.8) is 0 Å². The number of rotatable bonds is 0. The highest BCUT2D eigenvalue weighted by Crippen LogP contribution is 2.32. The van der Waals surface area contributed by atoms with Crippen LogP contribution in [0.2, 0.25) is 0 Å². The Morgan fingerprint density at radius 1 is 0.125 bits per heavy atom. The highest BCUT2D eigenvalue weighted by molar-refractivity contribution is 8.79. The minimum Gasteiger partial charge on any atom is -0.0941 e. The molecule has 16 heteroatoms. The molecule has 8 aliphatic heterocycles. The van der Waals surface area contributed by atoms with Crippen LogP contribution in [-0.4, -0.2) is 92.0 Å². The molecule has 0 saturated carbocycles. The molecule has 0 aliphatic carbocycles. The van der Waals surface area contributed by atoms with Gasteiger partial charge in [0.05, 0.1) is 0 Å². The Morgan fingerprint density at radius 3 is 0.225 bits per heavy atom. The van der Waals surface area contributed by atoms with E-state index in [9.17, 15) is 0 Å². The third kappa shape index (κ3) is 38.1. The van der Waals surface area contributed by atoms with Crippen LogP contribution in [0.15, 0.2) is 0 Å². The first-order valence-corrected chi connectivity index (χ1v) is 33.9. The van der Waals surface area contributed by atoms with E-state index in [1.165, 1.54) is 143 Å². The predicted molar refractivity (Wildman–Crippen MR) is 236 cm³/mol. The van der Waals surface area contributed by atoms with Crippen molar-refractivity contribution in [3.05, 3.63) is 0 Å². The molecule has 8 heterocycles. The van der Waals surface area contributed by atoms with Crippen LogP contribution in [0, 0.1) is 0 Å². The quantitative estimate of drug-likeness (QED) is 0.212. The molecule has 0 bridgehead atoms. The van der Waals surface area contributed by atoms with Gasteiger partial charge in [-0.25, -0.2) is 0 Å². The van der Waals surface area contributed by atoms with E-state index >= 15 is 0 Å². The van der Waals surface area contributed by atoms with E-state index in [0.717, 1.165) is 0 Å². The van der Waals surface area contributed by atoms with Gasteiger partial charge in [0.2, 0.25) is 0 Å². The second-order valence-corrected chi connectivity index (χ2v) is 29.6. The third-order valence-corrected chi connectivity index (χ3v) is 24.9. The number of hydrogen-bond donors (Lipinski definition) is 0. The standard InChI is InChI=1S/8C3H6S2/c8*1-2-4-5-3-1/h8*1-3H2. The maximum absolute atomic E-state index is 1.99. The van der Waals surface area contributed by atoms with Crippen LogP contribution in [-0.2, 0) is 0 Å². The summed E-state index contributed by atoms with van der Waals surface area (Å²) in [5.41, 5.74) is 0. The molecule has 0 aromatic heterocycles. The van der Waals surface area contributed by atoms with E-state index in [-0.39, 0.29) is 0 Å². The van der Waals surface area contributed by atoms with Crippen molar-refractivity contribution >= 4 is 173 Å². The lowest BCUT2D eigenvalue weighted by Crippen LogP contribution is -1.63. The summed E-state index contributed by atoms with van der Waals surface area (Å²) >= 11 is 0. The summed E-state index contributed by atoms with van der Waals surface area (Å²) in [6.45, 7) is 0. The molecule has 8 fully saturated rings. The van der Waals surface area contributed by atoms with Crippen molar-refractivity contribution in [1.82, 2.24) is 0 Å². The molecule has 0 aromatic rings. The topological polar surface area (TPSA) is 0 Å². The first-order valence-electron chi connectivity index (χ1n) is 14.0. The Balaban J connectivity index is 0.000000229. The molecular weight excluding hydrogens is 801 g/mol. The average Bonchev–Trinajstić information content (AvgIpc) is 3.95. The highest BCUT2D eigenvalue weighted by Gasteiger charge is 2.00. The second-order valence-electron chi connectivity index (χ2n) is 7.98. The lowest BCUT2D eigenvalue weighted by Gasteiger charge is -1.69. The Morgan fingerprint density at radius 2 is 0.200 bits per heavy atom. The fourth-order valence-electron chi connectivity index (χ4n) is 2.36. The lowest BCUT2D eigenvalue weighted by molar-refractivity contribution is 1.15. The molecule has 40 heavy (non-hydrogen) atoms. The van der Waals surface area contributed by atoms with Crippen molar-refractivity contribution in [1.29, 1.82) is 0 Å². The summed E-state index contributed by atoms with van der Waals surface area (Å²) in [6, 6.07) is 0. The zero-order valence-corrected chi connectivity index (χ0v) is 36.6. The molecule has 0 unspecified atom stereocenters. The molecule has 0 amide bonds. The summed E-state index contributed by atoms with van der Waals surface area (Å²) in [4.78, 5) is 0. The smallest absolute Gasteiger partial charge is 0.00450 e. The Bertz CT molecular complexity index is 252. The maximum Gasteiger partial charge on any atom is 0.00450 e. The van der Waals surface area contributed by atoms with Crippen LogP contribution >= 0.6 is 173 Å². The van der Waals surface area contributed by atoms with E-state index in [1.807, 2.05) is 173 Å². The van der Waals surface area contributed by atoms with Crippen LogP contribution in [0.1, 0.15) is 51.4 Å². The zero-order valence-electron chi connectivity index (χ0n) is 23.5. The van der Waals surface area contributed by atoms with Gasteiger partial charge in [-0.15, -0.1) is 0 Å². The van der Waals surface area contributed by atoms with Crippen molar-refractivity contribution in [2.24, 2.45) is 0 Å². The molecule has 0 N–H and O–H groups in total. The monoisotopic (exact) mass is 848 g/mol. The summed E-state index contributed by atoms with van der Waals surface area (Å²) < 4.78 is 0. The molecule has 0 spiro atoms. The van der Waals surface area contributed by atoms with Gasteiger partial charge in [0.25, 0.3) is 0 Å². The van der Waals surface area contributed by atoms with E-state index in [0.29, 0.717) is 0 Å². The summed E-state index contributed by atoms with van der Waals surface area (Å²) in [5, 5.41) is 0. The van der Waals surface area contributed by atoms with E-state index in [2.05, 4.69) is 0 Å². The molecule has 8 aliphatic rings. The molecule has 0 atom stereocenters. The number of hydrogen-bond acceptors (Lipinski definition) is 16. The molecule has 8 rings (SSSR count). The van der Waals surface area contributed by atoms with Gasteiger partial charge in [-0.3, -0.25) is 0 Å². The van der Waals surface area contributed by atoms with Crippen LogP contribution in [0.25, 0.3) is 0 Å². The van der Waals surface area contributed by atoms with Crippen LogP contribution in [0.4, 0.5) is 0 Å². The van der Waals surface area contributed by atoms with Gasteiger partial charge in [0, 0.05) is 92.0 Å². The molecule has 0 aromatic carbocycles. The largest absolute Gasteiger partial charge is 0.0941 e. The molecule has 0 nitrogen and oxygen atoms in total. The summed E-state index contributed by atoms with van der Waals surface area (Å²) in [7, 11) is 31.9. The van der Waals surface area contributed by atoms with Crippen molar-refractivity contribution < 1.29 is 0 Å². The zero-order chi connectivity index (χ0) is 28.3. The maximum atomic E-state index is 1.99. The first-order chi connectivity index (χ1) is 20.0. The fourth-order valence-corrected chi connectivity index (χ4v) is 21.2. The Labute approximate surface area is 311 Å². The van der Waals surface area contributed by atoms with Crippen LogP contribution < -0.4 is 0 Å². The van der Waals surface area contributed by atoms with Gasteiger partial charge in [-0.1, -0.05) is 173 Å². The van der Waals surface area contributed by atoms with Gasteiger partial charge in [0.15, 0.2) is 0 Å². The van der Waals surface area contributed by atoms with Gasteiger partial charge in [-0.05, 0) is 51.4 Å². The highest BCUT2D eigenvalue weighted by atomic mass is 33.1. The SMILES string of the molecule is C1CSSC1.C1CSSC1.C1CSSC1.C1CSSC1.C1CSSC1.C1CSSC1.C1CSSC1.C1CSSC1. The average molecular weight is 850 g/mol. The van der Waals surface area contributed by atoms with Gasteiger partial charge < -0.3 is 0 Å². The minimum atomic E-state index is 1.38. The van der Waals surface area contributed by atoms with Gasteiger partial charge in [0.1, 0.15) is 0 Å². The Kier molecular flexibility index (Phi) is 44.5. The van der Waals surface area contributed by atoms with Gasteiger partial charge >= 0.3 is 0 Å². The predicted octanol–water partition coefficient (Wildman–Crippen LogP) is 14.2. The van der Waals surface area contributed by atoms with Crippen molar-refractivity contribution in [3.8, 4) is 0 Å². The minimum absolute atomic E-state index is 1.38. The van der Waals surface area contributed by atoms with Gasteiger partial charge in [-0.2, -0.15) is 0 Å². The van der Waals surface area contributed by atoms with Crippen LogP contribution in [0.5, 0.6) is 0 Å². The fraction of sp³-hybridized carbons (Fsp3) is 1.00. The third-order valence-electron chi connectivity index (χ3n) is 4.31. The molecule has 0 radical (unpaired) electrons. The normalized spacial score (nSPS) is 24.0. The van der Waals surface area contributed by atoms with E-state index in [4.69, 9.17) is 0 Å². The molecular formula is C24H48S16. The van der Waals surface area contributed by atoms with E-state index < -0.39 is 0 Å². The summed E-state index contributed by atoms with van der Waals surface area (Å²) in [5.74, 6) is 22.1.